The lowest BCUT2D eigenvalue weighted by Gasteiger charge is -2.17. The summed E-state index contributed by atoms with van der Waals surface area (Å²) >= 11 is 0. The van der Waals surface area contributed by atoms with Gasteiger partial charge < -0.3 is 0 Å². The van der Waals surface area contributed by atoms with Gasteiger partial charge >= 0.3 is 0 Å². The summed E-state index contributed by atoms with van der Waals surface area (Å²) in [6.07, 6.45) is 1.85. The molecule has 0 aliphatic rings. The van der Waals surface area contributed by atoms with Gasteiger partial charge in [-0.15, -0.1) is 0 Å². The summed E-state index contributed by atoms with van der Waals surface area (Å²) in [5, 5.41) is 4.26. The fourth-order valence-corrected chi connectivity index (χ4v) is 2.13. The van der Waals surface area contributed by atoms with Crippen LogP contribution in [-0.2, 0) is 7.05 Å². The highest BCUT2D eigenvalue weighted by molar-refractivity contribution is 5.35. The van der Waals surface area contributed by atoms with Gasteiger partial charge in [0.15, 0.2) is 0 Å². The van der Waals surface area contributed by atoms with Crippen LogP contribution in [0.5, 0.6) is 0 Å². The summed E-state index contributed by atoms with van der Waals surface area (Å²) in [4.78, 5) is 0. The second kappa shape index (κ2) is 4.88. The van der Waals surface area contributed by atoms with Crippen LogP contribution in [0, 0.1) is 19.7 Å². The lowest BCUT2D eigenvalue weighted by molar-refractivity contribution is 0.558. The minimum atomic E-state index is -0.390. The van der Waals surface area contributed by atoms with Crippen molar-refractivity contribution in [2.75, 3.05) is 0 Å². The molecule has 1 unspecified atom stereocenters. The van der Waals surface area contributed by atoms with Crippen LogP contribution in [0.15, 0.2) is 24.4 Å². The van der Waals surface area contributed by atoms with Gasteiger partial charge in [0, 0.05) is 24.4 Å². The van der Waals surface area contributed by atoms with Gasteiger partial charge in [-0.2, -0.15) is 5.10 Å². The number of nitrogens with one attached hydrogen (secondary N) is 1. The van der Waals surface area contributed by atoms with E-state index in [2.05, 4.69) is 10.5 Å². The van der Waals surface area contributed by atoms with E-state index in [1.54, 1.807) is 16.8 Å². The van der Waals surface area contributed by atoms with Gasteiger partial charge in [-0.1, -0.05) is 17.7 Å². The molecule has 5 heteroatoms. The fourth-order valence-electron chi connectivity index (χ4n) is 2.13. The predicted octanol–water partition coefficient (Wildman–Crippen LogP) is 1.73. The Morgan fingerprint density at radius 3 is 2.61 bits per heavy atom. The number of nitrogens with zero attached hydrogens (tertiary/aromatic N) is 2. The van der Waals surface area contributed by atoms with Crippen LogP contribution in [0.2, 0.25) is 0 Å². The molecule has 0 bridgehead atoms. The molecular formula is C13H17FN4. The summed E-state index contributed by atoms with van der Waals surface area (Å²) < 4.78 is 15.6. The third kappa shape index (κ3) is 2.27. The Labute approximate surface area is 106 Å². The Hall–Kier alpha value is -1.72. The van der Waals surface area contributed by atoms with E-state index in [1.807, 2.05) is 27.1 Å². The third-order valence-electron chi connectivity index (χ3n) is 2.99. The van der Waals surface area contributed by atoms with E-state index in [0.29, 0.717) is 5.56 Å². The zero-order valence-electron chi connectivity index (χ0n) is 10.7. The van der Waals surface area contributed by atoms with Gasteiger partial charge in [0.05, 0.1) is 11.7 Å². The molecule has 0 amide bonds. The molecule has 0 aliphatic heterocycles. The number of hydrazine groups is 1. The number of rotatable bonds is 3. The Morgan fingerprint density at radius 2 is 2.06 bits per heavy atom. The normalized spacial score (nSPS) is 12.7. The highest BCUT2D eigenvalue weighted by Gasteiger charge is 2.20. The van der Waals surface area contributed by atoms with Crippen LogP contribution in [0.3, 0.4) is 0 Å². The first-order valence-corrected chi connectivity index (χ1v) is 5.75. The van der Waals surface area contributed by atoms with E-state index in [4.69, 9.17) is 5.84 Å². The maximum Gasteiger partial charge on any atom is 0.128 e. The average molecular weight is 248 g/mol. The molecule has 0 saturated heterocycles. The molecule has 3 N–H and O–H groups in total. The molecule has 0 radical (unpaired) electrons. The standard InChI is InChI=1S/C13H17FN4/c1-8-4-5-12(14)10(6-8)13(16-15)11-7-18(3)17-9(11)2/h4-7,13,16H,15H2,1-3H3. The highest BCUT2D eigenvalue weighted by atomic mass is 19.1. The number of hydrogen-bond acceptors (Lipinski definition) is 3. The first-order chi connectivity index (χ1) is 8.52. The molecule has 0 fully saturated rings. The summed E-state index contributed by atoms with van der Waals surface area (Å²) in [6, 6.07) is 4.61. The number of halogens is 1. The molecule has 0 spiro atoms. The van der Waals surface area contributed by atoms with E-state index in [9.17, 15) is 4.39 Å². The minimum absolute atomic E-state index is 0.271. The van der Waals surface area contributed by atoms with Gasteiger partial charge in [-0.3, -0.25) is 10.5 Å². The zero-order valence-corrected chi connectivity index (χ0v) is 10.7. The molecular weight excluding hydrogens is 231 g/mol. The Kier molecular flexibility index (Phi) is 3.45. The smallest absolute Gasteiger partial charge is 0.128 e. The number of aromatic nitrogens is 2. The summed E-state index contributed by atoms with van der Waals surface area (Å²) in [5.74, 6) is 5.31. The van der Waals surface area contributed by atoms with Crippen LogP contribution >= 0.6 is 0 Å². The van der Waals surface area contributed by atoms with E-state index >= 15 is 0 Å². The molecule has 1 heterocycles. The van der Waals surface area contributed by atoms with E-state index in [0.717, 1.165) is 16.8 Å². The minimum Gasteiger partial charge on any atom is -0.275 e. The van der Waals surface area contributed by atoms with Gasteiger partial charge in [-0.25, -0.2) is 9.82 Å². The molecule has 0 saturated carbocycles. The van der Waals surface area contributed by atoms with E-state index in [1.165, 1.54) is 6.07 Å². The van der Waals surface area contributed by atoms with Crippen molar-refractivity contribution in [3.63, 3.8) is 0 Å². The van der Waals surface area contributed by atoms with Crippen LogP contribution in [0.4, 0.5) is 4.39 Å². The first kappa shape index (κ1) is 12.7. The van der Waals surface area contributed by atoms with Crippen molar-refractivity contribution in [2.45, 2.75) is 19.9 Å². The topological polar surface area (TPSA) is 55.9 Å². The maximum absolute atomic E-state index is 13.9. The Balaban J connectivity index is 2.51. The molecule has 96 valence electrons. The second-order valence-electron chi connectivity index (χ2n) is 4.47. The lowest BCUT2D eigenvalue weighted by Crippen LogP contribution is -2.29. The molecule has 0 aliphatic carbocycles. The fraction of sp³-hybridized carbons (Fsp3) is 0.308. The molecule has 1 atom stereocenters. The van der Waals surface area contributed by atoms with Crippen molar-refractivity contribution < 1.29 is 4.39 Å². The Morgan fingerprint density at radius 1 is 1.33 bits per heavy atom. The SMILES string of the molecule is Cc1ccc(F)c(C(NN)c2cn(C)nc2C)c1. The van der Waals surface area contributed by atoms with E-state index < -0.39 is 6.04 Å². The van der Waals surface area contributed by atoms with Gasteiger partial charge in [-0.05, 0) is 19.9 Å². The van der Waals surface area contributed by atoms with Crippen LogP contribution in [0.25, 0.3) is 0 Å². The number of hydrogen-bond donors (Lipinski definition) is 2. The summed E-state index contributed by atoms with van der Waals surface area (Å²) in [7, 11) is 1.83. The van der Waals surface area contributed by atoms with Crippen molar-refractivity contribution in [2.24, 2.45) is 12.9 Å². The lowest BCUT2D eigenvalue weighted by atomic mass is 9.98. The predicted molar refractivity (Wildman–Crippen MR) is 68.2 cm³/mol. The van der Waals surface area contributed by atoms with Crippen molar-refractivity contribution in [3.05, 3.63) is 52.6 Å². The van der Waals surface area contributed by atoms with Crippen LogP contribution in [-0.4, -0.2) is 9.78 Å². The maximum atomic E-state index is 13.9. The van der Waals surface area contributed by atoms with Gasteiger partial charge in [0.25, 0.3) is 0 Å². The van der Waals surface area contributed by atoms with Crippen molar-refractivity contribution >= 4 is 0 Å². The zero-order chi connectivity index (χ0) is 13.3. The second-order valence-corrected chi connectivity index (χ2v) is 4.47. The highest BCUT2D eigenvalue weighted by Crippen LogP contribution is 2.26. The van der Waals surface area contributed by atoms with E-state index in [-0.39, 0.29) is 5.82 Å². The summed E-state index contributed by atoms with van der Waals surface area (Å²) in [6.45, 7) is 3.81. The monoisotopic (exact) mass is 248 g/mol. The molecule has 2 aromatic rings. The molecule has 2 rings (SSSR count). The summed E-state index contributed by atoms with van der Waals surface area (Å²) in [5.41, 5.74) is 5.91. The van der Waals surface area contributed by atoms with Crippen molar-refractivity contribution in [3.8, 4) is 0 Å². The number of nitrogens with two attached hydrogens (primary N) is 1. The van der Waals surface area contributed by atoms with Crippen LogP contribution in [0.1, 0.15) is 28.4 Å². The van der Waals surface area contributed by atoms with Crippen molar-refractivity contribution in [1.29, 1.82) is 0 Å². The van der Waals surface area contributed by atoms with Crippen LogP contribution < -0.4 is 11.3 Å². The largest absolute Gasteiger partial charge is 0.275 e. The number of benzene rings is 1. The van der Waals surface area contributed by atoms with Gasteiger partial charge in [0.1, 0.15) is 5.82 Å². The quantitative estimate of drug-likeness (QED) is 0.642. The van der Waals surface area contributed by atoms with Gasteiger partial charge in [0.2, 0.25) is 0 Å². The molecule has 4 nitrogen and oxygen atoms in total. The third-order valence-corrected chi connectivity index (χ3v) is 2.99. The average Bonchev–Trinajstić information content (AvgIpc) is 2.64. The van der Waals surface area contributed by atoms with Crippen molar-refractivity contribution in [1.82, 2.24) is 15.2 Å². The molecule has 1 aromatic heterocycles. The Bertz CT molecular complexity index is 562. The molecule has 18 heavy (non-hydrogen) atoms. The molecule has 1 aromatic carbocycles. The number of aryl methyl sites for hydroxylation is 3. The first-order valence-electron chi connectivity index (χ1n) is 5.75.